The van der Waals surface area contributed by atoms with Crippen molar-refractivity contribution < 1.29 is 4.21 Å². The van der Waals surface area contributed by atoms with E-state index in [1.54, 1.807) is 0 Å². The zero-order valence-electron chi connectivity index (χ0n) is 8.71. The van der Waals surface area contributed by atoms with Crippen LogP contribution in [0, 0.1) is 0 Å². The minimum absolute atomic E-state index is 0.476. The summed E-state index contributed by atoms with van der Waals surface area (Å²) < 4.78 is 11.7. The van der Waals surface area contributed by atoms with Crippen molar-refractivity contribution >= 4 is 10.8 Å². The van der Waals surface area contributed by atoms with Gasteiger partial charge in [-0.1, -0.05) is 13.3 Å². The highest BCUT2D eigenvalue weighted by atomic mass is 32.2. The summed E-state index contributed by atoms with van der Waals surface area (Å²) in [6, 6.07) is 0.621. The molecule has 78 valence electrons. The van der Waals surface area contributed by atoms with Crippen LogP contribution in [0.1, 0.15) is 39.0 Å². The molecule has 1 aliphatic carbocycles. The molecule has 2 nitrogen and oxygen atoms in total. The first kappa shape index (κ1) is 11.2. The first-order valence-electron chi connectivity index (χ1n) is 5.32. The number of hydrogen-bond acceptors (Lipinski definition) is 2. The summed E-state index contributed by atoms with van der Waals surface area (Å²) in [5.41, 5.74) is 0. The molecule has 3 atom stereocenters. The van der Waals surface area contributed by atoms with Crippen LogP contribution in [-0.2, 0) is 10.8 Å². The fraction of sp³-hybridized carbons (Fsp3) is 1.00. The van der Waals surface area contributed by atoms with E-state index in [1.807, 2.05) is 7.05 Å². The third-order valence-electron chi connectivity index (χ3n) is 2.86. The van der Waals surface area contributed by atoms with Gasteiger partial charge in [-0.2, -0.15) is 0 Å². The van der Waals surface area contributed by atoms with Crippen molar-refractivity contribution in [2.75, 3.05) is 12.8 Å². The summed E-state index contributed by atoms with van der Waals surface area (Å²) in [6.45, 7) is 2.16. The Balaban J connectivity index is 2.25. The molecule has 0 amide bonds. The van der Waals surface area contributed by atoms with E-state index in [4.69, 9.17) is 0 Å². The van der Waals surface area contributed by atoms with Crippen molar-refractivity contribution in [1.82, 2.24) is 5.32 Å². The van der Waals surface area contributed by atoms with Gasteiger partial charge in [0.05, 0.1) is 0 Å². The van der Waals surface area contributed by atoms with Gasteiger partial charge in [-0.3, -0.25) is 4.21 Å². The molecule has 1 N–H and O–H groups in total. The number of nitrogens with one attached hydrogen (secondary N) is 1. The van der Waals surface area contributed by atoms with E-state index in [-0.39, 0.29) is 0 Å². The van der Waals surface area contributed by atoms with Crippen LogP contribution in [0.3, 0.4) is 0 Å². The standard InChI is InChI=1S/C10H21NOS/c1-3-4-7-13(12)10-6-5-9(8-10)11-2/h9-11H,3-8H2,1-2H3. The van der Waals surface area contributed by atoms with Gasteiger partial charge in [0.2, 0.25) is 0 Å². The normalized spacial score (nSPS) is 30.6. The predicted molar refractivity (Wildman–Crippen MR) is 58.4 cm³/mol. The second-order valence-electron chi connectivity index (χ2n) is 3.86. The van der Waals surface area contributed by atoms with Crippen LogP contribution < -0.4 is 5.32 Å². The molecular formula is C10H21NOS. The van der Waals surface area contributed by atoms with Crippen molar-refractivity contribution in [2.24, 2.45) is 0 Å². The van der Waals surface area contributed by atoms with Crippen LogP contribution in [0.2, 0.25) is 0 Å². The Labute approximate surface area is 83.9 Å². The monoisotopic (exact) mass is 203 g/mol. The molecule has 1 rings (SSSR count). The molecule has 13 heavy (non-hydrogen) atoms. The predicted octanol–water partition coefficient (Wildman–Crippen LogP) is 1.68. The van der Waals surface area contributed by atoms with E-state index in [0.29, 0.717) is 11.3 Å². The van der Waals surface area contributed by atoms with E-state index < -0.39 is 10.8 Å². The van der Waals surface area contributed by atoms with Crippen LogP contribution in [0.4, 0.5) is 0 Å². The van der Waals surface area contributed by atoms with Gasteiger partial charge in [-0.25, -0.2) is 0 Å². The Morgan fingerprint density at radius 3 is 2.77 bits per heavy atom. The van der Waals surface area contributed by atoms with Crippen LogP contribution in [0.5, 0.6) is 0 Å². The highest BCUT2D eigenvalue weighted by Crippen LogP contribution is 2.23. The van der Waals surface area contributed by atoms with Gasteiger partial charge in [-0.15, -0.1) is 0 Å². The topological polar surface area (TPSA) is 29.1 Å². The molecule has 1 aliphatic rings. The lowest BCUT2D eigenvalue weighted by molar-refractivity contribution is 0.581. The molecule has 0 radical (unpaired) electrons. The summed E-state index contributed by atoms with van der Waals surface area (Å²) in [6.07, 6.45) is 5.76. The highest BCUT2D eigenvalue weighted by molar-refractivity contribution is 7.85. The van der Waals surface area contributed by atoms with Gasteiger partial charge in [0.1, 0.15) is 0 Å². The van der Waals surface area contributed by atoms with Gasteiger partial charge in [0.25, 0.3) is 0 Å². The van der Waals surface area contributed by atoms with E-state index in [2.05, 4.69) is 12.2 Å². The highest BCUT2D eigenvalue weighted by Gasteiger charge is 2.27. The maximum Gasteiger partial charge on any atom is 0.0363 e. The minimum atomic E-state index is -0.558. The van der Waals surface area contributed by atoms with Gasteiger partial charge < -0.3 is 5.32 Å². The summed E-state index contributed by atoms with van der Waals surface area (Å²) in [5.74, 6) is 0.914. The third kappa shape index (κ3) is 3.39. The molecule has 0 aromatic rings. The van der Waals surface area contributed by atoms with Gasteiger partial charge in [0, 0.05) is 27.8 Å². The van der Waals surface area contributed by atoms with E-state index in [9.17, 15) is 4.21 Å². The minimum Gasteiger partial charge on any atom is -0.317 e. The first-order valence-corrected chi connectivity index (χ1v) is 6.70. The summed E-state index contributed by atoms with van der Waals surface area (Å²) >= 11 is 0. The first-order chi connectivity index (χ1) is 6.27. The second-order valence-corrected chi connectivity index (χ2v) is 5.70. The summed E-state index contributed by atoms with van der Waals surface area (Å²) in [7, 11) is 1.44. The average molecular weight is 203 g/mol. The zero-order valence-corrected chi connectivity index (χ0v) is 9.53. The van der Waals surface area contributed by atoms with Gasteiger partial charge in [0.15, 0.2) is 0 Å². The number of hydrogen-bond donors (Lipinski definition) is 1. The quantitative estimate of drug-likeness (QED) is 0.736. The molecule has 0 heterocycles. The molecule has 1 fully saturated rings. The van der Waals surface area contributed by atoms with Crippen molar-refractivity contribution in [3.05, 3.63) is 0 Å². The van der Waals surface area contributed by atoms with Crippen LogP contribution in [0.25, 0.3) is 0 Å². The van der Waals surface area contributed by atoms with E-state index in [1.165, 1.54) is 6.42 Å². The fourth-order valence-electron chi connectivity index (χ4n) is 1.89. The zero-order chi connectivity index (χ0) is 9.68. The van der Waals surface area contributed by atoms with Gasteiger partial charge in [-0.05, 0) is 32.7 Å². The SMILES string of the molecule is CCCCS(=O)C1CCC(NC)C1. The maximum atomic E-state index is 11.7. The largest absolute Gasteiger partial charge is 0.317 e. The maximum absolute atomic E-state index is 11.7. The molecule has 0 aromatic heterocycles. The molecule has 3 unspecified atom stereocenters. The van der Waals surface area contributed by atoms with E-state index in [0.717, 1.165) is 31.4 Å². The van der Waals surface area contributed by atoms with Gasteiger partial charge >= 0.3 is 0 Å². The van der Waals surface area contributed by atoms with Crippen molar-refractivity contribution in [3.8, 4) is 0 Å². The molecule has 0 saturated heterocycles. The lowest BCUT2D eigenvalue weighted by atomic mass is 10.3. The second kappa shape index (κ2) is 5.76. The average Bonchev–Trinajstić information content (AvgIpc) is 2.62. The van der Waals surface area contributed by atoms with Crippen LogP contribution in [0.15, 0.2) is 0 Å². The lowest BCUT2D eigenvalue weighted by Gasteiger charge is -2.10. The molecule has 0 aliphatic heterocycles. The molecule has 0 bridgehead atoms. The Hall–Kier alpha value is 0.110. The molecule has 0 aromatic carbocycles. The Morgan fingerprint density at radius 1 is 1.46 bits per heavy atom. The number of rotatable bonds is 5. The molecule has 1 saturated carbocycles. The van der Waals surface area contributed by atoms with Crippen molar-refractivity contribution in [1.29, 1.82) is 0 Å². The Kier molecular flexibility index (Phi) is 4.96. The van der Waals surface area contributed by atoms with Crippen molar-refractivity contribution in [3.63, 3.8) is 0 Å². The summed E-state index contributed by atoms with van der Waals surface area (Å²) in [5, 5.41) is 3.75. The van der Waals surface area contributed by atoms with E-state index >= 15 is 0 Å². The van der Waals surface area contributed by atoms with Crippen LogP contribution >= 0.6 is 0 Å². The lowest BCUT2D eigenvalue weighted by Crippen LogP contribution is -2.23. The molecule has 3 heteroatoms. The molecule has 0 spiro atoms. The number of unbranched alkanes of at least 4 members (excludes halogenated alkanes) is 1. The fourth-order valence-corrected chi connectivity index (χ4v) is 3.65. The Bertz CT molecular complexity index is 172. The molecular weight excluding hydrogens is 182 g/mol. The third-order valence-corrected chi connectivity index (χ3v) is 4.73. The Morgan fingerprint density at radius 2 is 2.23 bits per heavy atom. The van der Waals surface area contributed by atoms with Crippen molar-refractivity contribution in [2.45, 2.75) is 50.3 Å². The summed E-state index contributed by atoms with van der Waals surface area (Å²) in [4.78, 5) is 0. The smallest absolute Gasteiger partial charge is 0.0363 e. The van der Waals surface area contributed by atoms with Crippen LogP contribution in [-0.4, -0.2) is 28.3 Å².